The molecule has 136 valence electrons. The van der Waals surface area contributed by atoms with E-state index in [0.29, 0.717) is 22.8 Å². The summed E-state index contributed by atoms with van der Waals surface area (Å²) in [6.07, 6.45) is 1.32. The third-order valence-corrected chi connectivity index (χ3v) is 5.47. The number of piperazine rings is 1. The molecule has 6 heteroatoms. The van der Waals surface area contributed by atoms with Crippen molar-refractivity contribution in [1.29, 1.82) is 0 Å². The number of hydrazine groups is 1. The van der Waals surface area contributed by atoms with E-state index in [2.05, 4.69) is 40.0 Å². The average Bonchev–Trinajstić information content (AvgIpc) is 3.19. The van der Waals surface area contributed by atoms with E-state index in [9.17, 15) is 4.79 Å². The van der Waals surface area contributed by atoms with Crippen LogP contribution in [0.2, 0.25) is 5.02 Å². The van der Waals surface area contributed by atoms with Crippen LogP contribution < -0.4 is 10.9 Å². The summed E-state index contributed by atoms with van der Waals surface area (Å²) in [5.74, 6) is 0.0842. The Morgan fingerprint density at radius 3 is 2.31 bits per heavy atom. The van der Waals surface area contributed by atoms with Gasteiger partial charge in [0.1, 0.15) is 0 Å². The number of nitrogens with one attached hydrogen (secondary N) is 2. The molecule has 4 rings (SSSR count). The molecule has 2 aromatic carbocycles. The van der Waals surface area contributed by atoms with Crippen LogP contribution in [0, 0.1) is 0 Å². The molecule has 5 nitrogen and oxygen atoms in total. The van der Waals surface area contributed by atoms with Crippen molar-refractivity contribution in [2.24, 2.45) is 0 Å². The molecule has 2 atom stereocenters. The van der Waals surface area contributed by atoms with E-state index in [1.54, 1.807) is 24.3 Å². The lowest BCUT2D eigenvalue weighted by molar-refractivity contribution is 0.0545. The van der Waals surface area contributed by atoms with Crippen molar-refractivity contribution >= 4 is 17.5 Å². The number of halogens is 1. The molecule has 2 saturated heterocycles. The predicted octanol–water partition coefficient (Wildman–Crippen LogP) is 2.66. The van der Waals surface area contributed by atoms with Gasteiger partial charge in [0.15, 0.2) is 0 Å². The Kier molecular flexibility index (Phi) is 5.22. The van der Waals surface area contributed by atoms with Crippen LogP contribution in [-0.2, 0) is 0 Å². The summed E-state index contributed by atoms with van der Waals surface area (Å²) < 4.78 is 0. The van der Waals surface area contributed by atoms with Gasteiger partial charge in [-0.25, -0.2) is 10.9 Å². The minimum Gasteiger partial charge on any atom is -0.336 e. The molecule has 0 aliphatic carbocycles. The molecule has 2 N–H and O–H groups in total. The first kappa shape index (κ1) is 17.5. The van der Waals surface area contributed by atoms with Crippen molar-refractivity contribution in [3.63, 3.8) is 0 Å². The van der Waals surface area contributed by atoms with Crippen LogP contribution in [0.3, 0.4) is 0 Å². The van der Waals surface area contributed by atoms with Gasteiger partial charge in [-0.3, -0.25) is 9.69 Å². The van der Waals surface area contributed by atoms with Crippen molar-refractivity contribution < 1.29 is 4.79 Å². The van der Waals surface area contributed by atoms with Gasteiger partial charge in [0, 0.05) is 42.8 Å². The maximum absolute atomic E-state index is 12.6. The summed E-state index contributed by atoms with van der Waals surface area (Å²) in [7, 11) is 0. The second-order valence-electron chi connectivity index (χ2n) is 6.84. The van der Waals surface area contributed by atoms with Crippen LogP contribution in [-0.4, -0.2) is 48.1 Å². The number of amides is 1. The summed E-state index contributed by atoms with van der Waals surface area (Å²) in [5.41, 5.74) is 8.82. The highest BCUT2D eigenvalue weighted by atomic mass is 35.5. The molecular formula is C20H23ClN4O. The lowest BCUT2D eigenvalue weighted by atomic mass is 10.0. The molecule has 0 radical (unpaired) electrons. The monoisotopic (exact) mass is 370 g/mol. The molecule has 2 aromatic rings. The Bertz CT molecular complexity index is 744. The molecule has 1 amide bonds. The Morgan fingerprint density at radius 1 is 0.923 bits per heavy atom. The van der Waals surface area contributed by atoms with Gasteiger partial charge in [-0.15, -0.1) is 0 Å². The van der Waals surface area contributed by atoms with E-state index in [0.717, 1.165) is 32.6 Å². The second kappa shape index (κ2) is 7.76. The van der Waals surface area contributed by atoms with Crippen molar-refractivity contribution in [1.82, 2.24) is 20.7 Å². The second-order valence-corrected chi connectivity index (χ2v) is 7.27. The fraction of sp³-hybridized carbons (Fsp3) is 0.350. The van der Waals surface area contributed by atoms with Gasteiger partial charge in [0.25, 0.3) is 5.91 Å². The Hall–Kier alpha value is -1.92. The predicted molar refractivity (Wildman–Crippen MR) is 103 cm³/mol. The first-order chi connectivity index (χ1) is 12.7. The van der Waals surface area contributed by atoms with Gasteiger partial charge in [-0.2, -0.15) is 0 Å². The van der Waals surface area contributed by atoms with Gasteiger partial charge >= 0.3 is 0 Å². The SMILES string of the molecule is O=C(c1ccc(Cl)cc1)N1CCN(C2CC(c3ccccc3)NN2)CC1. The highest BCUT2D eigenvalue weighted by Crippen LogP contribution is 2.24. The summed E-state index contributed by atoms with van der Waals surface area (Å²) in [4.78, 5) is 17.0. The molecule has 2 unspecified atom stereocenters. The van der Waals surface area contributed by atoms with E-state index in [1.165, 1.54) is 5.56 Å². The smallest absolute Gasteiger partial charge is 0.253 e. The zero-order valence-electron chi connectivity index (χ0n) is 14.6. The third kappa shape index (κ3) is 3.76. The van der Waals surface area contributed by atoms with E-state index < -0.39 is 0 Å². The molecule has 0 bridgehead atoms. The van der Waals surface area contributed by atoms with Crippen LogP contribution in [0.15, 0.2) is 54.6 Å². The van der Waals surface area contributed by atoms with Crippen LogP contribution in [0.4, 0.5) is 0 Å². The summed E-state index contributed by atoms with van der Waals surface area (Å²) >= 11 is 5.91. The molecule has 26 heavy (non-hydrogen) atoms. The van der Waals surface area contributed by atoms with Crippen LogP contribution >= 0.6 is 11.6 Å². The van der Waals surface area contributed by atoms with E-state index in [4.69, 9.17) is 11.6 Å². The lowest BCUT2D eigenvalue weighted by Gasteiger charge is -2.37. The zero-order chi connectivity index (χ0) is 17.9. The van der Waals surface area contributed by atoms with Crippen molar-refractivity contribution in [3.8, 4) is 0 Å². The van der Waals surface area contributed by atoms with Crippen molar-refractivity contribution in [2.45, 2.75) is 18.6 Å². The highest BCUT2D eigenvalue weighted by molar-refractivity contribution is 6.30. The quantitative estimate of drug-likeness (QED) is 0.872. The molecule has 0 aromatic heterocycles. The third-order valence-electron chi connectivity index (χ3n) is 5.22. The molecule has 0 saturated carbocycles. The number of rotatable bonds is 3. The van der Waals surface area contributed by atoms with Gasteiger partial charge in [0.05, 0.1) is 6.17 Å². The topological polar surface area (TPSA) is 47.6 Å². The molecule has 2 aliphatic rings. The molecule has 2 fully saturated rings. The van der Waals surface area contributed by atoms with E-state index in [-0.39, 0.29) is 5.91 Å². The fourth-order valence-corrected chi connectivity index (χ4v) is 3.82. The fourth-order valence-electron chi connectivity index (χ4n) is 3.69. The molecule has 2 heterocycles. The maximum atomic E-state index is 12.6. The number of nitrogens with zero attached hydrogens (tertiary/aromatic N) is 2. The summed E-state index contributed by atoms with van der Waals surface area (Å²) in [6, 6.07) is 18.0. The standard InChI is InChI=1S/C20H23ClN4O/c21-17-8-6-16(7-9-17)20(26)25-12-10-24(11-13-25)19-14-18(22-23-19)15-4-2-1-3-5-15/h1-9,18-19,22-23H,10-14H2. The van der Waals surface area contributed by atoms with E-state index in [1.807, 2.05) is 11.0 Å². The minimum atomic E-state index is 0.0842. The first-order valence-corrected chi connectivity index (χ1v) is 9.43. The van der Waals surface area contributed by atoms with Crippen molar-refractivity contribution in [2.75, 3.05) is 26.2 Å². The normalized spacial score (nSPS) is 24.0. The number of hydrogen-bond acceptors (Lipinski definition) is 4. The van der Waals surface area contributed by atoms with E-state index >= 15 is 0 Å². The molecular weight excluding hydrogens is 348 g/mol. The molecule has 0 spiro atoms. The minimum absolute atomic E-state index is 0.0842. The first-order valence-electron chi connectivity index (χ1n) is 9.05. The Morgan fingerprint density at radius 2 is 1.62 bits per heavy atom. The van der Waals surface area contributed by atoms with Gasteiger partial charge in [-0.1, -0.05) is 41.9 Å². The van der Waals surface area contributed by atoms with Crippen LogP contribution in [0.5, 0.6) is 0 Å². The number of carbonyl (C=O) groups is 1. The maximum Gasteiger partial charge on any atom is 0.253 e. The molecule has 2 aliphatic heterocycles. The largest absolute Gasteiger partial charge is 0.336 e. The average molecular weight is 371 g/mol. The van der Waals surface area contributed by atoms with Gasteiger partial charge < -0.3 is 4.90 Å². The zero-order valence-corrected chi connectivity index (χ0v) is 15.3. The summed E-state index contributed by atoms with van der Waals surface area (Å²) in [5, 5.41) is 0.652. The number of carbonyl (C=O) groups excluding carboxylic acids is 1. The Balaban J connectivity index is 1.31. The highest BCUT2D eigenvalue weighted by Gasteiger charge is 2.32. The number of benzene rings is 2. The van der Waals surface area contributed by atoms with Crippen LogP contribution in [0.1, 0.15) is 28.4 Å². The van der Waals surface area contributed by atoms with Gasteiger partial charge in [-0.05, 0) is 36.2 Å². The Labute approximate surface area is 158 Å². The van der Waals surface area contributed by atoms with Gasteiger partial charge in [0.2, 0.25) is 0 Å². The van der Waals surface area contributed by atoms with Crippen LogP contribution in [0.25, 0.3) is 0 Å². The summed E-state index contributed by atoms with van der Waals surface area (Å²) in [6.45, 7) is 3.24. The lowest BCUT2D eigenvalue weighted by Crippen LogP contribution is -2.55. The van der Waals surface area contributed by atoms with Crippen molar-refractivity contribution in [3.05, 3.63) is 70.7 Å². The number of hydrogen-bond donors (Lipinski definition) is 2.